The molecule has 0 saturated carbocycles. The number of anilines is 1. The third-order valence-corrected chi connectivity index (χ3v) is 4.81. The first-order chi connectivity index (χ1) is 11.9. The van der Waals surface area contributed by atoms with Crippen LogP contribution in [0.1, 0.15) is 6.42 Å². The Bertz CT molecular complexity index is 770. The van der Waals surface area contributed by atoms with Gasteiger partial charge in [-0.25, -0.2) is 4.98 Å². The highest BCUT2D eigenvalue weighted by atomic mass is 15.3. The summed E-state index contributed by atoms with van der Waals surface area (Å²) in [6.07, 6.45) is 10.9. The summed E-state index contributed by atoms with van der Waals surface area (Å²) < 4.78 is 2.15. The first kappa shape index (κ1) is 15.1. The van der Waals surface area contributed by atoms with Crippen molar-refractivity contribution in [2.75, 3.05) is 37.6 Å². The predicted octanol–water partition coefficient (Wildman–Crippen LogP) is 2.64. The second-order valence-electron chi connectivity index (χ2n) is 6.36. The van der Waals surface area contributed by atoms with E-state index in [-0.39, 0.29) is 0 Å². The van der Waals surface area contributed by atoms with E-state index in [1.54, 1.807) is 0 Å². The van der Waals surface area contributed by atoms with Crippen molar-refractivity contribution in [3.63, 3.8) is 0 Å². The van der Waals surface area contributed by atoms with Gasteiger partial charge in [-0.3, -0.25) is 9.88 Å². The van der Waals surface area contributed by atoms with Gasteiger partial charge in [0.1, 0.15) is 0 Å². The fraction of sp³-hybridized carbons (Fsp3) is 0.368. The molecule has 24 heavy (non-hydrogen) atoms. The van der Waals surface area contributed by atoms with Crippen LogP contribution in [0.4, 0.5) is 5.69 Å². The van der Waals surface area contributed by atoms with E-state index in [2.05, 4.69) is 48.6 Å². The standard InChI is InChI=1S/C19H23N5/c1-2-5-18-17(4-1)14-21-15-19(18)24-12-10-22(11-13-24)7-3-8-23-9-6-20-16-23/h1-2,4-6,9,14-16H,3,7-8,10-13H2. The summed E-state index contributed by atoms with van der Waals surface area (Å²) >= 11 is 0. The summed E-state index contributed by atoms with van der Waals surface area (Å²) in [6.45, 7) is 6.58. The summed E-state index contributed by atoms with van der Waals surface area (Å²) in [5.41, 5.74) is 1.27. The molecule has 1 fully saturated rings. The number of piperazine rings is 1. The Labute approximate surface area is 142 Å². The highest BCUT2D eigenvalue weighted by molar-refractivity contribution is 5.93. The molecule has 0 N–H and O–H groups in total. The number of hydrogen-bond acceptors (Lipinski definition) is 4. The van der Waals surface area contributed by atoms with Gasteiger partial charge in [-0.1, -0.05) is 24.3 Å². The lowest BCUT2D eigenvalue weighted by Gasteiger charge is -2.36. The molecule has 124 valence electrons. The normalized spacial score (nSPS) is 15.9. The summed E-state index contributed by atoms with van der Waals surface area (Å²) in [6, 6.07) is 8.52. The van der Waals surface area contributed by atoms with Crippen molar-refractivity contribution in [2.24, 2.45) is 0 Å². The van der Waals surface area contributed by atoms with Gasteiger partial charge in [0.15, 0.2) is 0 Å². The van der Waals surface area contributed by atoms with E-state index in [0.29, 0.717) is 0 Å². The molecule has 0 aliphatic carbocycles. The molecule has 2 aromatic heterocycles. The molecule has 1 aliphatic heterocycles. The van der Waals surface area contributed by atoms with Gasteiger partial charge in [0.2, 0.25) is 0 Å². The molecule has 1 aromatic carbocycles. The topological polar surface area (TPSA) is 37.2 Å². The third kappa shape index (κ3) is 3.26. The Kier molecular flexibility index (Phi) is 4.42. The van der Waals surface area contributed by atoms with Crippen LogP contribution in [0.2, 0.25) is 0 Å². The zero-order valence-electron chi connectivity index (χ0n) is 13.9. The molecule has 1 aliphatic rings. The summed E-state index contributed by atoms with van der Waals surface area (Å²) in [5.74, 6) is 0. The summed E-state index contributed by atoms with van der Waals surface area (Å²) in [5, 5.41) is 2.53. The Morgan fingerprint density at radius 3 is 2.62 bits per heavy atom. The minimum Gasteiger partial charge on any atom is -0.367 e. The van der Waals surface area contributed by atoms with Crippen LogP contribution in [0.25, 0.3) is 10.8 Å². The van der Waals surface area contributed by atoms with E-state index < -0.39 is 0 Å². The lowest BCUT2D eigenvalue weighted by atomic mass is 10.1. The second-order valence-corrected chi connectivity index (χ2v) is 6.36. The van der Waals surface area contributed by atoms with Gasteiger partial charge in [0, 0.05) is 62.1 Å². The largest absolute Gasteiger partial charge is 0.367 e. The fourth-order valence-corrected chi connectivity index (χ4v) is 3.46. The number of benzene rings is 1. The van der Waals surface area contributed by atoms with E-state index in [1.165, 1.54) is 22.9 Å². The maximum absolute atomic E-state index is 4.42. The maximum atomic E-state index is 4.42. The summed E-state index contributed by atoms with van der Waals surface area (Å²) in [4.78, 5) is 13.5. The van der Waals surface area contributed by atoms with Gasteiger partial charge in [-0.05, 0) is 13.0 Å². The number of rotatable bonds is 5. The molecule has 3 aromatic rings. The van der Waals surface area contributed by atoms with E-state index >= 15 is 0 Å². The molecule has 5 heteroatoms. The van der Waals surface area contributed by atoms with Gasteiger partial charge in [-0.2, -0.15) is 0 Å². The number of aromatic nitrogens is 3. The van der Waals surface area contributed by atoms with Crippen LogP contribution in [0.5, 0.6) is 0 Å². The molecular formula is C19H23N5. The molecular weight excluding hydrogens is 298 g/mol. The van der Waals surface area contributed by atoms with Crippen molar-refractivity contribution < 1.29 is 0 Å². The van der Waals surface area contributed by atoms with Crippen molar-refractivity contribution >= 4 is 16.5 Å². The van der Waals surface area contributed by atoms with Crippen LogP contribution < -0.4 is 4.90 Å². The van der Waals surface area contributed by atoms with E-state index in [9.17, 15) is 0 Å². The molecule has 0 amide bonds. The molecule has 3 heterocycles. The Balaban J connectivity index is 1.34. The van der Waals surface area contributed by atoms with Crippen LogP contribution in [0.15, 0.2) is 55.4 Å². The minimum absolute atomic E-state index is 1.05. The number of imidazole rings is 1. The molecule has 0 radical (unpaired) electrons. The van der Waals surface area contributed by atoms with E-state index in [4.69, 9.17) is 0 Å². The highest BCUT2D eigenvalue weighted by Crippen LogP contribution is 2.26. The monoisotopic (exact) mass is 321 g/mol. The quantitative estimate of drug-likeness (QED) is 0.724. The van der Waals surface area contributed by atoms with Crippen molar-refractivity contribution in [1.82, 2.24) is 19.4 Å². The van der Waals surface area contributed by atoms with Crippen molar-refractivity contribution in [1.29, 1.82) is 0 Å². The van der Waals surface area contributed by atoms with Gasteiger partial charge in [0.25, 0.3) is 0 Å². The van der Waals surface area contributed by atoms with Crippen molar-refractivity contribution in [3.8, 4) is 0 Å². The maximum Gasteiger partial charge on any atom is 0.0945 e. The lowest BCUT2D eigenvalue weighted by molar-refractivity contribution is 0.250. The van der Waals surface area contributed by atoms with Crippen LogP contribution in [-0.4, -0.2) is 52.2 Å². The highest BCUT2D eigenvalue weighted by Gasteiger charge is 2.18. The smallest absolute Gasteiger partial charge is 0.0945 e. The number of hydrogen-bond donors (Lipinski definition) is 0. The molecule has 1 saturated heterocycles. The van der Waals surface area contributed by atoms with Crippen LogP contribution in [0.3, 0.4) is 0 Å². The Morgan fingerprint density at radius 2 is 1.79 bits per heavy atom. The Hall–Kier alpha value is -2.40. The number of nitrogens with zero attached hydrogens (tertiary/aromatic N) is 5. The number of aryl methyl sites for hydroxylation is 1. The molecule has 0 atom stereocenters. The minimum atomic E-state index is 1.05. The number of pyridine rings is 1. The van der Waals surface area contributed by atoms with Gasteiger partial charge >= 0.3 is 0 Å². The first-order valence-electron chi connectivity index (χ1n) is 8.66. The van der Waals surface area contributed by atoms with Crippen LogP contribution in [-0.2, 0) is 6.54 Å². The lowest BCUT2D eigenvalue weighted by Crippen LogP contribution is -2.46. The zero-order chi connectivity index (χ0) is 16.2. The third-order valence-electron chi connectivity index (χ3n) is 4.81. The first-order valence-corrected chi connectivity index (χ1v) is 8.66. The van der Waals surface area contributed by atoms with E-state index in [0.717, 1.165) is 39.3 Å². The van der Waals surface area contributed by atoms with Gasteiger partial charge in [0.05, 0.1) is 18.2 Å². The Morgan fingerprint density at radius 1 is 0.917 bits per heavy atom. The van der Waals surface area contributed by atoms with Crippen LogP contribution >= 0.6 is 0 Å². The molecule has 5 nitrogen and oxygen atoms in total. The van der Waals surface area contributed by atoms with E-state index in [1.807, 2.05) is 31.1 Å². The molecule has 0 bridgehead atoms. The molecule has 0 unspecified atom stereocenters. The van der Waals surface area contributed by atoms with Crippen molar-refractivity contribution in [2.45, 2.75) is 13.0 Å². The van der Waals surface area contributed by atoms with Crippen molar-refractivity contribution in [3.05, 3.63) is 55.4 Å². The zero-order valence-corrected chi connectivity index (χ0v) is 13.9. The molecule has 0 spiro atoms. The number of fused-ring (bicyclic) bond motifs is 1. The van der Waals surface area contributed by atoms with Gasteiger partial charge < -0.3 is 9.47 Å². The predicted molar refractivity (Wildman–Crippen MR) is 97.2 cm³/mol. The molecule has 4 rings (SSSR count). The SMILES string of the molecule is c1ccc2c(N3CCN(CCCn4ccnc4)CC3)cncc2c1. The second kappa shape index (κ2) is 7.01. The fourth-order valence-electron chi connectivity index (χ4n) is 3.46. The van der Waals surface area contributed by atoms with Crippen LogP contribution in [0, 0.1) is 0 Å². The average Bonchev–Trinajstić information content (AvgIpc) is 3.15. The average molecular weight is 321 g/mol. The summed E-state index contributed by atoms with van der Waals surface area (Å²) in [7, 11) is 0. The van der Waals surface area contributed by atoms with Gasteiger partial charge in [-0.15, -0.1) is 0 Å².